The Kier molecular flexibility index (Phi) is 6.52. The predicted octanol–water partition coefficient (Wildman–Crippen LogP) is 5.95. The Morgan fingerprint density at radius 2 is 1.85 bits per heavy atom. The highest BCUT2D eigenvalue weighted by molar-refractivity contribution is 5.96. The summed E-state index contributed by atoms with van der Waals surface area (Å²) in [4.78, 5) is 21.9. The van der Waals surface area contributed by atoms with Gasteiger partial charge in [0.1, 0.15) is 11.3 Å². The average Bonchev–Trinajstić information content (AvgIpc) is 3.29. The number of piperazine rings is 1. The Balaban J connectivity index is 1.33. The van der Waals surface area contributed by atoms with Gasteiger partial charge in [0.15, 0.2) is 16.9 Å². The maximum Gasteiger partial charge on any atom is 0.417 e. The van der Waals surface area contributed by atoms with Crippen molar-refractivity contribution in [3.8, 4) is 11.3 Å². The summed E-state index contributed by atoms with van der Waals surface area (Å²) in [5.74, 6) is -0.950. The lowest BCUT2D eigenvalue weighted by Crippen LogP contribution is -2.62. The van der Waals surface area contributed by atoms with Gasteiger partial charge in [-0.05, 0) is 69.0 Å². The van der Waals surface area contributed by atoms with Crippen LogP contribution in [0, 0.1) is 11.7 Å². The van der Waals surface area contributed by atoms with Gasteiger partial charge in [0.05, 0.1) is 11.2 Å². The van der Waals surface area contributed by atoms with Crippen molar-refractivity contribution in [3.63, 3.8) is 0 Å². The topological polar surface area (TPSA) is 69.8 Å². The molecule has 5 rings (SSSR count). The molecule has 3 aromatic rings. The first-order chi connectivity index (χ1) is 18.2. The fourth-order valence-corrected chi connectivity index (χ4v) is 5.61. The number of aromatic nitrogens is 1. The normalized spacial score (nSPS) is 23.1. The van der Waals surface area contributed by atoms with E-state index in [-0.39, 0.29) is 17.5 Å². The fraction of sp³-hybridized carbons (Fsp3) is 0.448. The number of alkyl halides is 3. The first-order valence-corrected chi connectivity index (χ1v) is 13.0. The molecule has 0 atom stereocenters. The molecule has 1 aliphatic heterocycles. The Morgan fingerprint density at radius 3 is 2.44 bits per heavy atom. The maximum absolute atomic E-state index is 13.6. The first-order valence-electron chi connectivity index (χ1n) is 13.0. The van der Waals surface area contributed by atoms with Crippen molar-refractivity contribution in [1.82, 2.24) is 14.8 Å². The van der Waals surface area contributed by atoms with Crippen molar-refractivity contribution in [2.45, 2.75) is 57.3 Å². The summed E-state index contributed by atoms with van der Waals surface area (Å²) in [6.45, 7) is 10.9. The van der Waals surface area contributed by atoms with Gasteiger partial charge in [-0.15, -0.1) is 0 Å². The van der Waals surface area contributed by atoms with E-state index >= 15 is 0 Å². The number of hydrogen-bond acceptors (Lipinski definition) is 5. The van der Waals surface area contributed by atoms with Gasteiger partial charge in [0.2, 0.25) is 0 Å². The Hall–Kier alpha value is -3.40. The zero-order valence-corrected chi connectivity index (χ0v) is 22.1. The number of halogens is 4. The molecule has 1 amide bonds. The number of carbonyl (C=O) groups excluding carboxylic acids is 1. The standard InChI is InChI=1S/C29H31F4N3O3/c1-5-18-12-22(19-6-8-21(30)9-7-19)34-23-13-24(39-25(18)23)26(37)36-11-10-35(16-27(36,3)4)17(2)20-14-28(38,15-20)29(31,32)33/h6-9,12-13,20,38H,2,5,10-11,14-16H2,1,3-4H3. The Bertz CT molecular complexity index is 1420. The zero-order chi connectivity index (χ0) is 28.3. The molecule has 3 heterocycles. The number of hydrogen-bond donors (Lipinski definition) is 1. The SMILES string of the molecule is C=C(C1CC(O)(C(F)(F)F)C1)N1CCN(C(=O)c2cc3nc(-c4ccc(F)cc4)cc(CC)c3o2)C(C)(C)C1. The minimum atomic E-state index is -4.66. The highest BCUT2D eigenvalue weighted by Crippen LogP contribution is 2.51. The minimum Gasteiger partial charge on any atom is -0.449 e. The van der Waals surface area contributed by atoms with E-state index in [4.69, 9.17) is 4.42 Å². The van der Waals surface area contributed by atoms with E-state index in [0.717, 1.165) is 11.1 Å². The van der Waals surface area contributed by atoms with Gasteiger partial charge in [-0.2, -0.15) is 13.2 Å². The summed E-state index contributed by atoms with van der Waals surface area (Å²) in [5.41, 5.74) is 0.567. The second-order valence-corrected chi connectivity index (χ2v) is 11.2. The van der Waals surface area contributed by atoms with Crippen LogP contribution in [0.4, 0.5) is 17.6 Å². The van der Waals surface area contributed by atoms with Crippen LogP contribution in [0.1, 0.15) is 49.7 Å². The van der Waals surface area contributed by atoms with Gasteiger partial charge < -0.3 is 19.3 Å². The van der Waals surface area contributed by atoms with Crippen molar-refractivity contribution in [2.24, 2.45) is 5.92 Å². The van der Waals surface area contributed by atoms with Crippen molar-refractivity contribution < 1.29 is 31.9 Å². The molecule has 1 saturated heterocycles. The fourth-order valence-electron chi connectivity index (χ4n) is 5.61. The smallest absolute Gasteiger partial charge is 0.417 e. The third-order valence-electron chi connectivity index (χ3n) is 8.01. The van der Waals surface area contributed by atoms with E-state index in [2.05, 4.69) is 11.6 Å². The number of furan rings is 1. The van der Waals surface area contributed by atoms with Crippen molar-refractivity contribution >= 4 is 17.0 Å². The second kappa shape index (κ2) is 9.36. The van der Waals surface area contributed by atoms with Crippen LogP contribution >= 0.6 is 0 Å². The number of aryl methyl sites for hydroxylation is 1. The van der Waals surface area contributed by atoms with Gasteiger partial charge in [-0.25, -0.2) is 9.37 Å². The molecular weight excluding hydrogens is 514 g/mol. The molecule has 0 radical (unpaired) electrons. The van der Waals surface area contributed by atoms with Gasteiger partial charge in [0, 0.05) is 42.9 Å². The van der Waals surface area contributed by atoms with Crippen LogP contribution in [0.3, 0.4) is 0 Å². The van der Waals surface area contributed by atoms with E-state index in [1.807, 2.05) is 31.7 Å². The van der Waals surface area contributed by atoms with Crippen molar-refractivity contribution in [3.05, 3.63) is 65.8 Å². The number of benzene rings is 1. The summed E-state index contributed by atoms with van der Waals surface area (Å²) < 4.78 is 58.6. The monoisotopic (exact) mass is 545 g/mol. The molecule has 1 saturated carbocycles. The largest absolute Gasteiger partial charge is 0.449 e. The molecule has 2 fully saturated rings. The molecule has 1 aromatic carbocycles. The minimum absolute atomic E-state index is 0.151. The van der Waals surface area contributed by atoms with E-state index in [0.29, 0.717) is 48.5 Å². The van der Waals surface area contributed by atoms with E-state index in [9.17, 15) is 27.5 Å². The van der Waals surface area contributed by atoms with Crippen LogP contribution in [-0.4, -0.2) is 62.7 Å². The molecule has 208 valence electrons. The van der Waals surface area contributed by atoms with Crippen LogP contribution in [-0.2, 0) is 6.42 Å². The van der Waals surface area contributed by atoms with Gasteiger partial charge in [-0.1, -0.05) is 13.5 Å². The van der Waals surface area contributed by atoms with Crippen molar-refractivity contribution in [2.75, 3.05) is 19.6 Å². The summed E-state index contributed by atoms with van der Waals surface area (Å²) in [6.07, 6.45) is -4.82. The Labute approximate surface area is 223 Å². The molecule has 2 aromatic heterocycles. The maximum atomic E-state index is 13.6. The first kappa shape index (κ1) is 27.2. The number of allylic oxidation sites excluding steroid dienone is 1. The Morgan fingerprint density at radius 1 is 1.18 bits per heavy atom. The highest BCUT2D eigenvalue weighted by atomic mass is 19.4. The number of amides is 1. The number of nitrogens with zero attached hydrogens (tertiary/aromatic N) is 3. The molecule has 0 bridgehead atoms. The van der Waals surface area contributed by atoms with E-state index in [1.54, 1.807) is 23.1 Å². The summed E-state index contributed by atoms with van der Waals surface area (Å²) in [7, 11) is 0. The lowest BCUT2D eigenvalue weighted by molar-refractivity contribution is -0.296. The van der Waals surface area contributed by atoms with Gasteiger partial charge >= 0.3 is 6.18 Å². The molecule has 0 spiro atoms. The third-order valence-corrected chi connectivity index (χ3v) is 8.01. The molecule has 39 heavy (non-hydrogen) atoms. The van der Waals surface area contributed by atoms with E-state index < -0.39 is 36.1 Å². The average molecular weight is 546 g/mol. The number of aliphatic hydroxyl groups is 1. The van der Waals surface area contributed by atoms with Gasteiger partial charge in [-0.3, -0.25) is 4.79 Å². The number of pyridine rings is 1. The summed E-state index contributed by atoms with van der Waals surface area (Å²) >= 11 is 0. The third kappa shape index (κ3) is 4.79. The molecule has 6 nitrogen and oxygen atoms in total. The number of fused-ring (bicyclic) bond motifs is 1. The lowest BCUT2D eigenvalue weighted by Gasteiger charge is -2.52. The molecular formula is C29H31F4N3O3. The van der Waals surface area contributed by atoms with Crippen molar-refractivity contribution in [1.29, 1.82) is 0 Å². The quantitative estimate of drug-likeness (QED) is 0.402. The van der Waals surface area contributed by atoms with Crippen LogP contribution in [0.2, 0.25) is 0 Å². The van der Waals surface area contributed by atoms with Gasteiger partial charge in [0.25, 0.3) is 5.91 Å². The molecule has 0 unspecified atom stereocenters. The van der Waals surface area contributed by atoms with Crippen LogP contribution in [0.25, 0.3) is 22.4 Å². The molecule has 2 aliphatic rings. The molecule has 1 aliphatic carbocycles. The van der Waals surface area contributed by atoms with Crippen LogP contribution in [0.5, 0.6) is 0 Å². The molecule has 1 N–H and O–H groups in total. The second-order valence-electron chi connectivity index (χ2n) is 11.2. The van der Waals surface area contributed by atoms with Crippen LogP contribution in [0.15, 0.2) is 53.1 Å². The van der Waals surface area contributed by atoms with Crippen LogP contribution < -0.4 is 0 Å². The predicted molar refractivity (Wildman–Crippen MR) is 138 cm³/mol. The lowest BCUT2D eigenvalue weighted by atomic mass is 9.68. The zero-order valence-electron chi connectivity index (χ0n) is 22.1. The molecule has 10 heteroatoms. The summed E-state index contributed by atoms with van der Waals surface area (Å²) in [6, 6.07) is 9.54. The number of rotatable bonds is 5. The summed E-state index contributed by atoms with van der Waals surface area (Å²) in [5, 5.41) is 9.83. The van der Waals surface area contributed by atoms with E-state index in [1.165, 1.54) is 12.1 Å². The number of carbonyl (C=O) groups is 1. The highest BCUT2D eigenvalue weighted by Gasteiger charge is 2.62.